The molecular formula is C18H22N4O2. The molecule has 1 aliphatic carbocycles. The highest BCUT2D eigenvalue weighted by Gasteiger charge is 2.27. The van der Waals surface area contributed by atoms with Crippen LogP contribution in [0.3, 0.4) is 0 Å². The van der Waals surface area contributed by atoms with E-state index in [0.29, 0.717) is 17.7 Å². The summed E-state index contributed by atoms with van der Waals surface area (Å²) in [6, 6.07) is 5.78. The number of carbonyl (C=O) groups excluding carboxylic acids is 1. The molecule has 0 aliphatic heterocycles. The highest BCUT2D eigenvalue weighted by molar-refractivity contribution is 5.92. The van der Waals surface area contributed by atoms with Crippen molar-refractivity contribution in [2.45, 2.75) is 51.2 Å². The summed E-state index contributed by atoms with van der Waals surface area (Å²) in [6.07, 6.45) is 3.57. The quantitative estimate of drug-likeness (QED) is 0.843. The number of hydrogen-bond donors (Lipinski definition) is 1. The van der Waals surface area contributed by atoms with Crippen molar-refractivity contribution >= 4 is 28.6 Å². The van der Waals surface area contributed by atoms with Gasteiger partial charge in [-0.05, 0) is 45.2 Å². The van der Waals surface area contributed by atoms with Crippen LogP contribution in [0.25, 0.3) is 15.9 Å². The van der Waals surface area contributed by atoms with Crippen LogP contribution >= 0.6 is 0 Å². The van der Waals surface area contributed by atoms with Crippen LogP contribution in [0.1, 0.15) is 45.6 Å². The summed E-state index contributed by atoms with van der Waals surface area (Å²) >= 11 is 0. The molecule has 0 atom stereocenters. The molecule has 0 radical (unpaired) electrons. The Balaban J connectivity index is 1.95. The number of nitrogens with zero attached hydrogens (tertiary/aromatic N) is 3. The third-order valence-electron chi connectivity index (χ3n) is 4.63. The fraction of sp³-hybridized carbons (Fsp3) is 0.500. The molecular weight excluding hydrogens is 304 g/mol. The van der Waals surface area contributed by atoms with Gasteiger partial charge >= 0.3 is 0 Å². The molecule has 0 saturated heterocycles. The van der Waals surface area contributed by atoms with Gasteiger partial charge in [-0.1, -0.05) is 6.07 Å². The molecule has 0 spiro atoms. The summed E-state index contributed by atoms with van der Waals surface area (Å²) in [4.78, 5) is 20.4. The van der Waals surface area contributed by atoms with Crippen LogP contribution in [-0.2, 0) is 9.53 Å². The van der Waals surface area contributed by atoms with Gasteiger partial charge in [-0.25, -0.2) is 9.83 Å². The van der Waals surface area contributed by atoms with E-state index in [1.54, 1.807) is 13.2 Å². The summed E-state index contributed by atoms with van der Waals surface area (Å²) in [5, 5.41) is 2.93. The van der Waals surface area contributed by atoms with E-state index in [0.717, 1.165) is 23.9 Å². The summed E-state index contributed by atoms with van der Waals surface area (Å²) in [5.41, 5.74) is 1.78. The van der Waals surface area contributed by atoms with E-state index < -0.39 is 5.60 Å². The van der Waals surface area contributed by atoms with Crippen molar-refractivity contribution in [3.05, 3.63) is 29.6 Å². The zero-order chi connectivity index (χ0) is 17.3. The second-order valence-corrected chi connectivity index (χ2v) is 6.86. The van der Waals surface area contributed by atoms with Gasteiger partial charge in [-0.3, -0.25) is 10.1 Å². The Morgan fingerprint density at radius 3 is 2.83 bits per heavy atom. The molecule has 1 aliphatic rings. The van der Waals surface area contributed by atoms with Crippen LogP contribution in [0.2, 0.25) is 0 Å². The minimum absolute atomic E-state index is 0.122. The van der Waals surface area contributed by atoms with Crippen molar-refractivity contribution in [1.29, 1.82) is 0 Å². The number of rotatable bonds is 5. The molecule has 6 heteroatoms. The van der Waals surface area contributed by atoms with Gasteiger partial charge in [0, 0.05) is 13.2 Å². The Labute approximate surface area is 141 Å². The second kappa shape index (κ2) is 6.25. The second-order valence-electron chi connectivity index (χ2n) is 6.86. The van der Waals surface area contributed by atoms with Crippen LogP contribution in [0.4, 0.5) is 11.6 Å². The van der Waals surface area contributed by atoms with Crippen molar-refractivity contribution in [3.63, 3.8) is 0 Å². The molecule has 1 N–H and O–H groups in total. The summed E-state index contributed by atoms with van der Waals surface area (Å²) in [7, 11) is 1.60. The van der Waals surface area contributed by atoms with E-state index in [-0.39, 0.29) is 12.3 Å². The Hall–Kier alpha value is -2.39. The van der Waals surface area contributed by atoms with E-state index in [9.17, 15) is 4.79 Å². The fourth-order valence-corrected chi connectivity index (χ4v) is 2.88. The molecule has 0 unspecified atom stereocenters. The van der Waals surface area contributed by atoms with Gasteiger partial charge in [0.2, 0.25) is 11.9 Å². The first kappa shape index (κ1) is 16.5. The average molecular weight is 326 g/mol. The number of amides is 1. The number of carbonyl (C=O) groups is 1. The molecule has 1 aromatic heterocycles. The van der Waals surface area contributed by atoms with Gasteiger partial charge in [-0.2, -0.15) is 0 Å². The summed E-state index contributed by atoms with van der Waals surface area (Å²) in [5.74, 6) is 0.442. The topological polar surface area (TPSA) is 60.5 Å². The maximum Gasteiger partial charge on any atom is 0.229 e. The third-order valence-corrected chi connectivity index (χ3v) is 4.63. The van der Waals surface area contributed by atoms with Crippen molar-refractivity contribution in [2.75, 3.05) is 12.4 Å². The Morgan fingerprint density at radius 1 is 1.50 bits per heavy atom. The van der Waals surface area contributed by atoms with E-state index in [1.165, 1.54) is 6.42 Å². The highest BCUT2D eigenvalue weighted by atomic mass is 16.5. The normalized spacial score (nSPS) is 15.1. The molecule has 3 rings (SSSR count). The Morgan fingerprint density at radius 2 is 2.25 bits per heavy atom. The first-order chi connectivity index (χ1) is 11.4. The maximum absolute atomic E-state index is 12.4. The van der Waals surface area contributed by atoms with Crippen molar-refractivity contribution < 1.29 is 9.53 Å². The Bertz CT molecular complexity index is 812. The van der Waals surface area contributed by atoms with Crippen molar-refractivity contribution in [2.24, 2.45) is 0 Å². The lowest BCUT2D eigenvalue weighted by atomic mass is 9.92. The minimum atomic E-state index is -0.519. The summed E-state index contributed by atoms with van der Waals surface area (Å²) in [6.45, 7) is 11.0. The number of anilines is 1. The number of benzene rings is 1. The van der Waals surface area contributed by atoms with E-state index in [4.69, 9.17) is 11.3 Å². The third kappa shape index (κ3) is 3.13. The molecule has 1 heterocycles. The number of imidazole rings is 1. The maximum atomic E-state index is 12.4. The molecule has 6 nitrogen and oxygen atoms in total. The van der Waals surface area contributed by atoms with Gasteiger partial charge in [0.25, 0.3) is 0 Å². The lowest BCUT2D eigenvalue weighted by Gasteiger charge is -2.29. The predicted molar refractivity (Wildman–Crippen MR) is 93.2 cm³/mol. The molecule has 126 valence electrons. The van der Waals surface area contributed by atoms with Gasteiger partial charge in [0.15, 0.2) is 5.69 Å². The minimum Gasteiger partial charge on any atom is -0.378 e. The molecule has 0 bridgehead atoms. The number of fused-ring (bicyclic) bond motifs is 1. The highest BCUT2D eigenvalue weighted by Crippen LogP contribution is 2.38. The molecule has 1 amide bonds. The fourth-order valence-electron chi connectivity index (χ4n) is 2.88. The van der Waals surface area contributed by atoms with Crippen LogP contribution in [-0.4, -0.2) is 28.2 Å². The van der Waals surface area contributed by atoms with Crippen LogP contribution in [0.15, 0.2) is 18.2 Å². The average Bonchev–Trinajstić information content (AvgIpc) is 2.82. The summed E-state index contributed by atoms with van der Waals surface area (Å²) < 4.78 is 7.40. The Kier molecular flexibility index (Phi) is 4.29. The van der Waals surface area contributed by atoms with Gasteiger partial charge in [0.1, 0.15) is 0 Å². The van der Waals surface area contributed by atoms with E-state index >= 15 is 0 Å². The van der Waals surface area contributed by atoms with E-state index in [1.807, 2.05) is 26.0 Å². The zero-order valence-corrected chi connectivity index (χ0v) is 14.3. The van der Waals surface area contributed by atoms with Crippen LogP contribution < -0.4 is 5.32 Å². The van der Waals surface area contributed by atoms with Crippen LogP contribution in [0, 0.1) is 6.57 Å². The number of aromatic nitrogens is 2. The van der Waals surface area contributed by atoms with Crippen LogP contribution in [0.5, 0.6) is 0 Å². The lowest BCUT2D eigenvalue weighted by molar-refractivity contribution is -0.121. The predicted octanol–water partition coefficient (Wildman–Crippen LogP) is 4.07. The molecule has 24 heavy (non-hydrogen) atoms. The standard InChI is InChI=1S/C18H22N4O2/c1-18(2,24-4)11-16(23)21-17-20-14-9-8-12(19-3)10-15(14)22(17)13-6-5-7-13/h8-10,13H,5-7,11H2,1-2,4H3,(H,20,21,23). The number of methoxy groups -OCH3 is 1. The number of ether oxygens (including phenoxy) is 1. The first-order valence-electron chi connectivity index (χ1n) is 8.18. The first-order valence-corrected chi connectivity index (χ1v) is 8.18. The van der Waals surface area contributed by atoms with Gasteiger partial charge < -0.3 is 9.30 Å². The van der Waals surface area contributed by atoms with Gasteiger partial charge in [-0.15, -0.1) is 0 Å². The molecule has 1 saturated carbocycles. The van der Waals surface area contributed by atoms with E-state index in [2.05, 4.69) is 19.7 Å². The van der Waals surface area contributed by atoms with Crippen molar-refractivity contribution in [3.8, 4) is 0 Å². The molecule has 1 fully saturated rings. The molecule has 1 aromatic carbocycles. The number of nitrogens with one attached hydrogen (secondary N) is 1. The molecule has 2 aromatic rings. The largest absolute Gasteiger partial charge is 0.378 e. The van der Waals surface area contributed by atoms with Gasteiger partial charge in [0.05, 0.1) is 29.6 Å². The number of hydrogen-bond acceptors (Lipinski definition) is 3. The lowest BCUT2D eigenvalue weighted by Crippen LogP contribution is -2.30. The monoisotopic (exact) mass is 326 g/mol. The zero-order valence-electron chi connectivity index (χ0n) is 14.3. The SMILES string of the molecule is [C-]#[N+]c1ccc2nc(NC(=O)CC(C)(C)OC)n(C3CCC3)c2c1. The van der Waals surface area contributed by atoms with Crippen molar-refractivity contribution in [1.82, 2.24) is 9.55 Å². The smallest absolute Gasteiger partial charge is 0.229 e.